The van der Waals surface area contributed by atoms with Gasteiger partial charge in [0, 0.05) is 12.1 Å². The van der Waals surface area contributed by atoms with Crippen LogP contribution in [0.2, 0.25) is 0 Å². The van der Waals surface area contributed by atoms with E-state index < -0.39 is 11.2 Å². The van der Waals surface area contributed by atoms with Gasteiger partial charge in [-0.15, -0.1) is 0 Å². The van der Waals surface area contributed by atoms with Crippen molar-refractivity contribution in [2.24, 2.45) is 0 Å². The highest BCUT2D eigenvalue weighted by Crippen LogP contribution is 2.29. The molecule has 3 rings (SSSR count). The van der Waals surface area contributed by atoms with Crippen LogP contribution in [0.5, 0.6) is 17.2 Å². The van der Waals surface area contributed by atoms with Crippen LogP contribution < -0.4 is 25.5 Å². The van der Waals surface area contributed by atoms with Crippen LogP contribution in [0.1, 0.15) is 0 Å². The molecule has 124 valence electrons. The molecule has 0 saturated heterocycles. The molecule has 3 aromatic rings. The second-order valence-corrected chi connectivity index (χ2v) is 5.02. The van der Waals surface area contributed by atoms with Crippen LogP contribution in [0.25, 0.3) is 16.6 Å². The van der Waals surface area contributed by atoms with Crippen molar-refractivity contribution in [1.29, 1.82) is 0 Å². The molecule has 0 amide bonds. The minimum Gasteiger partial charge on any atom is -0.497 e. The van der Waals surface area contributed by atoms with E-state index in [0.717, 1.165) is 4.57 Å². The number of H-pyrrole nitrogens is 1. The van der Waals surface area contributed by atoms with Crippen LogP contribution in [-0.2, 0) is 0 Å². The van der Waals surface area contributed by atoms with E-state index in [2.05, 4.69) is 4.98 Å². The highest BCUT2D eigenvalue weighted by atomic mass is 16.5. The Morgan fingerprint density at radius 2 is 1.62 bits per heavy atom. The molecule has 0 radical (unpaired) electrons. The molecule has 0 aliphatic carbocycles. The summed E-state index contributed by atoms with van der Waals surface area (Å²) >= 11 is 0. The largest absolute Gasteiger partial charge is 0.497 e. The van der Waals surface area contributed by atoms with Gasteiger partial charge in [-0.05, 0) is 18.2 Å². The topological polar surface area (TPSA) is 82.6 Å². The molecule has 0 saturated carbocycles. The number of rotatable bonds is 4. The van der Waals surface area contributed by atoms with Crippen molar-refractivity contribution in [3.63, 3.8) is 0 Å². The molecule has 1 N–H and O–H groups in total. The fourth-order valence-corrected chi connectivity index (χ4v) is 2.53. The zero-order chi connectivity index (χ0) is 17.3. The lowest BCUT2D eigenvalue weighted by Gasteiger charge is -2.11. The molecule has 0 atom stereocenters. The predicted molar refractivity (Wildman–Crippen MR) is 89.8 cm³/mol. The summed E-state index contributed by atoms with van der Waals surface area (Å²) in [4.78, 5) is 27.9. The Kier molecular flexibility index (Phi) is 3.99. The van der Waals surface area contributed by atoms with E-state index in [4.69, 9.17) is 14.2 Å². The van der Waals surface area contributed by atoms with Gasteiger partial charge >= 0.3 is 5.69 Å². The van der Waals surface area contributed by atoms with Crippen LogP contribution in [0.4, 0.5) is 0 Å². The number of methoxy groups -OCH3 is 3. The van der Waals surface area contributed by atoms with Gasteiger partial charge in [0.1, 0.15) is 5.75 Å². The molecule has 24 heavy (non-hydrogen) atoms. The standard InChI is InChI=1S/C17H16N2O5/c1-22-11-6-4-5-10(7-11)19-16(20)12-8-14(23-2)15(24-3)9-13(12)18-17(19)21/h4-9H,1-3H3,(H,18,21). The van der Waals surface area contributed by atoms with Gasteiger partial charge in [-0.25, -0.2) is 9.36 Å². The lowest BCUT2D eigenvalue weighted by Crippen LogP contribution is -2.33. The molecular formula is C17H16N2O5. The Balaban J connectivity index is 2.34. The first kappa shape index (κ1) is 15.7. The summed E-state index contributed by atoms with van der Waals surface area (Å²) in [7, 11) is 4.48. The van der Waals surface area contributed by atoms with Crippen LogP contribution >= 0.6 is 0 Å². The number of fused-ring (bicyclic) bond motifs is 1. The van der Waals surface area contributed by atoms with Crippen molar-refractivity contribution >= 4 is 10.9 Å². The number of hydrogen-bond acceptors (Lipinski definition) is 5. The Bertz CT molecular complexity index is 1020. The second-order valence-electron chi connectivity index (χ2n) is 5.02. The third-order valence-corrected chi connectivity index (χ3v) is 3.71. The monoisotopic (exact) mass is 328 g/mol. The fraction of sp³-hybridized carbons (Fsp3) is 0.176. The zero-order valence-electron chi connectivity index (χ0n) is 13.5. The first-order chi connectivity index (χ1) is 11.6. The highest BCUT2D eigenvalue weighted by Gasteiger charge is 2.14. The summed E-state index contributed by atoms with van der Waals surface area (Å²) in [6.07, 6.45) is 0. The second kappa shape index (κ2) is 6.11. The summed E-state index contributed by atoms with van der Waals surface area (Å²) in [5.41, 5.74) is -0.213. The van der Waals surface area contributed by atoms with E-state index in [1.807, 2.05) is 0 Å². The number of benzene rings is 2. The maximum Gasteiger partial charge on any atom is 0.333 e. The number of aromatic amines is 1. The number of nitrogens with one attached hydrogen (secondary N) is 1. The molecule has 0 unspecified atom stereocenters. The summed E-state index contributed by atoms with van der Waals surface area (Å²) < 4.78 is 16.6. The average molecular weight is 328 g/mol. The molecule has 0 bridgehead atoms. The third kappa shape index (κ3) is 2.50. The molecule has 0 fully saturated rings. The Hall–Kier alpha value is -3.22. The quantitative estimate of drug-likeness (QED) is 0.788. The van der Waals surface area contributed by atoms with Gasteiger partial charge in [0.15, 0.2) is 11.5 Å². The number of hydrogen-bond donors (Lipinski definition) is 1. The predicted octanol–water partition coefficient (Wildman–Crippen LogP) is 1.70. The molecule has 7 heteroatoms. The molecule has 2 aromatic carbocycles. The number of ether oxygens (including phenoxy) is 3. The smallest absolute Gasteiger partial charge is 0.333 e. The van der Waals surface area contributed by atoms with Crippen LogP contribution in [0, 0.1) is 0 Å². The van der Waals surface area contributed by atoms with Gasteiger partial charge in [0.25, 0.3) is 5.56 Å². The minimum absolute atomic E-state index is 0.315. The SMILES string of the molecule is COc1cccc(-n2c(=O)[nH]c3cc(OC)c(OC)cc3c2=O)c1. The van der Waals surface area contributed by atoms with E-state index in [1.165, 1.54) is 21.3 Å². The first-order valence-corrected chi connectivity index (χ1v) is 7.14. The summed E-state index contributed by atoms with van der Waals surface area (Å²) in [5, 5.41) is 0.315. The van der Waals surface area contributed by atoms with Gasteiger partial charge in [-0.2, -0.15) is 0 Å². The number of aromatic nitrogens is 2. The molecule has 0 spiro atoms. The van der Waals surface area contributed by atoms with Crippen LogP contribution in [-0.4, -0.2) is 30.9 Å². The lowest BCUT2D eigenvalue weighted by molar-refractivity contribution is 0.355. The molecule has 0 aliphatic rings. The van der Waals surface area contributed by atoms with Crippen molar-refractivity contribution in [2.45, 2.75) is 0 Å². The van der Waals surface area contributed by atoms with E-state index in [0.29, 0.717) is 33.8 Å². The van der Waals surface area contributed by atoms with E-state index in [1.54, 1.807) is 36.4 Å². The van der Waals surface area contributed by atoms with Gasteiger partial charge in [-0.3, -0.25) is 4.79 Å². The van der Waals surface area contributed by atoms with Gasteiger partial charge in [0.2, 0.25) is 0 Å². The molecular weight excluding hydrogens is 312 g/mol. The maximum absolute atomic E-state index is 12.8. The molecule has 1 aromatic heterocycles. The Morgan fingerprint density at radius 1 is 0.917 bits per heavy atom. The van der Waals surface area contributed by atoms with Crippen molar-refractivity contribution in [3.05, 3.63) is 57.2 Å². The van der Waals surface area contributed by atoms with Crippen molar-refractivity contribution in [2.75, 3.05) is 21.3 Å². The first-order valence-electron chi connectivity index (χ1n) is 7.14. The molecule has 7 nitrogen and oxygen atoms in total. The van der Waals surface area contributed by atoms with Crippen LogP contribution in [0.15, 0.2) is 46.0 Å². The van der Waals surface area contributed by atoms with Gasteiger partial charge < -0.3 is 19.2 Å². The maximum atomic E-state index is 12.8. The Labute approximate surface area is 137 Å². The summed E-state index contributed by atoms with van der Waals surface area (Å²) in [6, 6.07) is 9.82. The van der Waals surface area contributed by atoms with Crippen molar-refractivity contribution in [3.8, 4) is 22.9 Å². The fourth-order valence-electron chi connectivity index (χ4n) is 2.53. The van der Waals surface area contributed by atoms with E-state index in [-0.39, 0.29) is 0 Å². The third-order valence-electron chi connectivity index (χ3n) is 3.71. The van der Waals surface area contributed by atoms with Crippen molar-refractivity contribution < 1.29 is 14.2 Å². The van der Waals surface area contributed by atoms with Crippen LogP contribution in [0.3, 0.4) is 0 Å². The summed E-state index contributed by atoms with van der Waals surface area (Å²) in [5.74, 6) is 1.39. The van der Waals surface area contributed by atoms with E-state index >= 15 is 0 Å². The normalized spacial score (nSPS) is 10.6. The zero-order valence-corrected chi connectivity index (χ0v) is 13.5. The highest BCUT2D eigenvalue weighted by molar-refractivity contribution is 5.82. The summed E-state index contributed by atoms with van der Waals surface area (Å²) in [6.45, 7) is 0. The van der Waals surface area contributed by atoms with Gasteiger partial charge in [0.05, 0.1) is 37.9 Å². The lowest BCUT2D eigenvalue weighted by atomic mass is 10.2. The molecule has 1 heterocycles. The van der Waals surface area contributed by atoms with E-state index in [9.17, 15) is 9.59 Å². The Morgan fingerprint density at radius 3 is 2.29 bits per heavy atom. The van der Waals surface area contributed by atoms with Gasteiger partial charge in [-0.1, -0.05) is 6.07 Å². The molecule has 0 aliphatic heterocycles. The average Bonchev–Trinajstić information content (AvgIpc) is 2.61. The van der Waals surface area contributed by atoms with Crippen molar-refractivity contribution in [1.82, 2.24) is 9.55 Å². The number of nitrogens with zero attached hydrogens (tertiary/aromatic N) is 1. The minimum atomic E-state index is -0.548.